The van der Waals surface area contributed by atoms with Gasteiger partial charge in [0.1, 0.15) is 12.3 Å². The first-order valence-corrected chi connectivity index (χ1v) is 11.1. The Kier molecular flexibility index (Phi) is 5.84. The molecule has 0 fully saturated rings. The second-order valence-corrected chi connectivity index (χ2v) is 9.17. The number of nitrogens with one attached hydrogen (secondary N) is 1. The molecule has 0 aliphatic carbocycles. The van der Waals surface area contributed by atoms with Gasteiger partial charge in [-0.3, -0.25) is 14.5 Å². The number of nitrogens with zero attached hydrogens (tertiary/aromatic N) is 2. The van der Waals surface area contributed by atoms with Crippen LogP contribution < -0.4 is 15.0 Å². The number of benzene rings is 1. The molecule has 1 N–H and O–H groups in total. The molecule has 0 unspecified atom stereocenters. The quantitative estimate of drug-likeness (QED) is 0.621. The Morgan fingerprint density at radius 3 is 3.00 bits per heavy atom. The number of anilines is 1. The molecular formula is C20H18ClN3O3S2. The van der Waals surface area contributed by atoms with E-state index < -0.39 is 0 Å². The molecule has 2 amide bonds. The maximum atomic E-state index is 12.4. The number of carbonyl (C=O) groups is 2. The summed E-state index contributed by atoms with van der Waals surface area (Å²) < 4.78 is 5.40. The number of aryl methyl sites for hydroxylation is 1. The van der Waals surface area contributed by atoms with E-state index in [0.717, 1.165) is 22.0 Å². The van der Waals surface area contributed by atoms with E-state index in [9.17, 15) is 9.59 Å². The Morgan fingerprint density at radius 2 is 2.21 bits per heavy atom. The molecule has 0 atom stereocenters. The summed E-state index contributed by atoms with van der Waals surface area (Å²) in [7, 11) is 0. The highest BCUT2D eigenvalue weighted by molar-refractivity contribution is 7.16. The Balaban J connectivity index is 1.32. The van der Waals surface area contributed by atoms with Gasteiger partial charge < -0.3 is 10.1 Å². The van der Waals surface area contributed by atoms with Crippen molar-refractivity contribution in [3.63, 3.8) is 0 Å². The van der Waals surface area contributed by atoms with Crippen LogP contribution in [0.2, 0.25) is 5.02 Å². The number of amides is 2. The molecule has 3 heterocycles. The first-order valence-electron chi connectivity index (χ1n) is 9.00. The average molecular weight is 448 g/mol. The first kappa shape index (κ1) is 19.9. The van der Waals surface area contributed by atoms with Crippen LogP contribution in [0.5, 0.6) is 5.75 Å². The molecule has 0 bridgehead atoms. The molecule has 3 aromatic rings. The van der Waals surface area contributed by atoms with Crippen LogP contribution in [-0.2, 0) is 16.0 Å². The van der Waals surface area contributed by atoms with E-state index in [2.05, 4.69) is 27.8 Å². The van der Waals surface area contributed by atoms with Gasteiger partial charge in [-0.1, -0.05) is 11.6 Å². The van der Waals surface area contributed by atoms with E-state index in [1.807, 2.05) is 6.92 Å². The number of rotatable bonds is 6. The van der Waals surface area contributed by atoms with Crippen LogP contribution >= 0.6 is 34.3 Å². The number of hydrogen-bond donors (Lipinski definition) is 1. The fourth-order valence-electron chi connectivity index (χ4n) is 3.00. The third-order valence-electron chi connectivity index (χ3n) is 4.39. The molecule has 0 saturated heterocycles. The van der Waals surface area contributed by atoms with Crippen LogP contribution in [0.15, 0.2) is 35.7 Å². The summed E-state index contributed by atoms with van der Waals surface area (Å²) in [6.45, 7) is 2.33. The molecule has 1 aromatic carbocycles. The zero-order valence-electron chi connectivity index (χ0n) is 15.6. The molecule has 0 spiro atoms. The summed E-state index contributed by atoms with van der Waals surface area (Å²) in [4.78, 5) is 32.8. The fourth-order valence-corrected chi connectivity index (χ4v) is 4.82. The third kappa shape index (κ3) is 4.60. The van der Waals surface area contributed by atoms with Crippen molar-refractivity contribution < 1.29 is 14.3 Å². The highest BCUT2D eigenvalue weighted by Gasteiger charge is 2.27. The highest BCUT2D eigenvalue weighted by Crippen LogP contribution is 2.34. The lowest BCUT2D eigenvalue weighted by molar-refractivity contribution is -0.125. The summed E-state index contributed by atoms with van der Waals surface area (Å²) in [6, 6.07) is 9.15. The van der Waals surface area contributed by atoms with Crippen LogP contribution in [-0.4, -0.2) is 36.5 Å². The first-order chi connectivity index (χ1) is 14.0. The van der Waals surface area contributed by atoms with Crippen molar-refractivity contribution in [2.24, 2.45) is 0 Å². The van der Waals surface area contributed by atoms with Gasteiger partial charge in [0.2, 0.25) is 5.91 Å². The average Bonchev–Trinajstić information content (AvgIpc) is 3.33. The molecule has 150 valence electrons. The molecule has 29 heavy (non-hydrogen) atoms. The molecule has 2 aromatic heterocycles. The number of aromatic nitrogens is 1. The molecule has 0 saturated carbocycles. The van der Waals surface area contributed by atoms with Crippen molar-refractivity contribution in [3.05, 3.63) is 50.6 Å². The zero-order chi connectivity index (χ0) is 20.4. The van der Waals surface area contributed by atoms with Crippen molar-refractivity contribution in [3.8, 4) is 16.3 Å². The lowest BCUT2D eigenvalue weighted by atomic mass is 10.2. The Morgan fingerprint density at radius 1 is 1.34 bits per heavy atom. The van der Waals surface area contributed by atoms with Gasteiger partial charge in [-0.15, -0.1) is 22.7 Å². The minimum Gasteiger partial charge on any atom is -0.482 e. The van der Waals surface area contributed by atoms with Gasteiger partial charge in [0, 0.05) is 21.8 Å². The Bertz CT molecular complexity index is 1060. The third-order valence-corrected chi connectivity index (χ3v) is 6.57. The van der Waals surface area contributed by atoms with Crippen molar-refractivity contribution in [1.29, 1.82) is 0 Å². The van der Waals surface area contributed by atoms with Gasteiger partial charge in [0.25, 0.3) is 5.91 Å². The summed E-state index contributed by atoms with van der Waals surface area (Å²) in [5.74, 6) is 0.0552. The zero-order valence-corrected chi connectivity index (χ0v) is 18.0. The van der Waals surface area contributed by atoms with Crippen LogP contribution in [0.4, 0.5) is 5.69 Å². The lowest BCUT2D eigenvalue weighted by Gasteiger charge is -2.29. The largest absolute Gasteiger partial charge is 0.482 e. The maximum Gasteiger partial charge on any atom is 0.265 e. The van der Waals surface area contributed by atoms with Gasteiger partial charge in [-0.2, -0.15) is 0 Å². The van der Waals surface area contributed by atoms with E-state index in [0.29, 0.717) is 23.0 Å². The van der Waals surface area contributed by atoms with Crippen molar-refractivity contribution in [1.82, 2.24) is 10.3 Å². The number of carbonyl (C=O) groups excluding carboxylic acids is 2. The number of thiophene rings is 1. The van der Waals surface area contributed by atoms with E-state index in [-0.39, 0.29) is 25.0 Å². The maximum absolute atomic E-state index is 12.4. The van der Waals surface area contributed by atoms with Gasteiger partial charge in [0.15, 0.2) is 6.61 Å². The van der Waals surface area contributed by atoms with E-state index >= 15 is 0 Å². The van der Waals surface area contributed by atoms with Crippen LogP contribution in [0.3, 0.4) is 0 Å². The van der Waals surface area contributed by atoms with Crippen molar-refractivity contribution in [2.75, 3.05) is 24.6 Å². The van der Waals surface area contributed by atoms with Crippen LogP contribution in [0.1, 0.15) is 9.88 Å². The molecule has 0 radical (unpaired) electrons. The Hall–Kier alpha value is -2.42. The molecule has 6 nitrogen and oxygen atoms in total. The summed E-state index contributed by atoms with van der Waals surface area (Å²) >= 11 is 9.34. The van der Waals surface area contributed by atoms with Gasteiger partial charge >= 0.3 is 0 Å². The van der Waals surface area contributed by atoms with E-state index in [4.69, 9.17) is 16.3 Å². The Labute approximate surface area is 181 Å². The topological polar surface area (TPSA) is 71.5 Å². The molecule has 4 rings (SSSR count). The van der Waals surface area contributed by atoms with E-state index in [1.165, 1.54) is 9.78 Å². The number of ether oxygens (including phenoxy) is 1. The molecule has 9 heteroatoms. The summed E-state index contributed by atoms with van der Waals surface area (Å²) in [5.41, 5.74) is 1.52. The second kappa shape index (κ2) is 8.52. The van der Waals surface area contributed by atoms with Crippen molar-refractivity contribution >= 4 is 51.8 Å². The molecular weight excluding hydrogens is 430 g/mol. The predicted molar refractivity (Wildman–Crippen MR) is 116 cm³/mol. The minimum atomic E-state index is -0.267. The number of fused-ring (bicyclic) bond motifs is 1. The highest BCUT2D eigenvalue weighted by atomic mass is 35.5. The normalized spacial score (nSPS) is 13.2. The molecule has 1 aliphatic heterocycles. The van der Waals surface area contributed by atoms with Gasteiger partial charge in [0.05, 0.1) is 21.3 Å². The van der Waals surface area contributed by atoms with Gasteiger partial charge in [-0.25, -0.2) is 4.98 Å². The lowest BCUT2D eigenvalue weighted by Crippen LogP contribution is -2.45. The summed E-state index contributed by atoms with van der Waals surface area (Å²) in [6.07, 6.45) is 0.721. The minimum absolute atomic E-state index is 0.0661. The van der Waals surface area contributed by atoms with E-state index in [1.54, 1.807) is 40.9 Å². The SMILES string of the molecule is Cc1nc(-c2ccc(CCNC(=O)CN3C(=O)COc4ccc(Cl)cc43)s2)cs1. The number of thiazole rings is 1. The number of hydrogen-bond acceptors (Lipinski definition) is 6. The summed E-state index contributed by atoms with van der Waals surface area (Å²) in [5, 5.41) is 6.46. The predicted octanol–water partition coefficient (Wildman–Crippen LogP) is 3.92. The van der Waals surface area contributed by atoms with Crippen molar-refractivity contribution in [2.45, 2.75) is 13.3 Å². The molecule has 1 aliphatic rings. The fraction of sp³-hybridized carbons (Fsp3) is 0.250. The smallest absolute Gasteiger partial charge is 0.265 e. The standard InChI is InChI=1S/C20H18ClN3O3S2/c1-12-23-15(11-28-12)18-5-3-14(29-18)6-7-22-19(25)9-24-16-8-13(21)2-4-17(16)27-10-20(24)26/h2-5,8,11H,6-7,9-10H2,1H3,(H,22,25). The van der Waals surface area contributed by atoms with Gasteiger partial charge in [-0.05, 0) is 43.7 Å². The number of halogens is 1. The van der Waals surface area contributed by atoms with Crippen LogP contribution in [0.25, 0.3) is 10.6 Å². The monoisotopic (exact) mass is 447 g/mol. The van der Waals surface area contributed by atoms with Crippen LogP contribution in [0, 0.1) is 6.92 Å². The second-order valence-electron chi connectivity index (χ2n) is 6.50.